The maximum atomic E-state index is 9.29. The standard InChI is InChI=1S/C17H11NS/c18-12-15-10-13-6-4-5-7-14(13)11-17(15)19-16-8-2-1-3-9-16/h1-11H. The molecule has 0 aromatic heterocycles. The Morgan fingerprint density at radius 1 is 0.789 bits per heavy atom. The van der Waals surface area contributed by atoms with Gasteiger partial charge < -0.3 is 0 Å². The van der Waals surface area contributed by atoms with Gasteiger partial charge in [-0.3, -0.25) is 0 Å². The first-order chi connectivity index (χ1) is 9.36. The lowest BCUT2D eigenvalue weighted by atomic mass is 10.1. The van der Waals surface area contributed by atoms with E-state index in [0.29, 0.717) is 0 Å². The van der Waals surface area contributed by atoms with Gasteiger partial charge in [-0.25, -0.2) is 0 Å². The highest BCUT2D eigenvalue weighted by Gasteiger charge is 2.06. The Morgan fingerprint density at radius 2 is 1.42 bits per heavy atom. The molecule has 0 N–H and O–H groups in total. The number of fused-ring (bicyclic) bond motifs is 1. The molecule has 0 aliphatic heterocycles. The molecule has 3 aromatic rings. The third-order valence-electron chi connectivity index (χ3n) is 2.94. The minimum atomic E-state index is 0.729. The van der Waals surface area contributed by atoms with Crippen LogP contribution < -0.4 is 0 Å². The van der Waals surface area contributed by atoms with E-state index in [2.05, 4.69) is 30.3 Å². The molecule has 90 valence electrons. The van der Waals surface area contributed by atoms with Crippen LogP contribution in [0.4, 0.5) is 0 Å². The van der Waals surface area contributed by atoms with Gasteiger partial charge in [0.05, 0.1) is 5.56 Å². The molecule has 0 saturated carbocycles. The van der Waals surface area contributed by atoms with Gasteiger partial charge in [0.2, 0.25) is 0 Å². The van der Waals surface area contributed by atoms with Crippen LogP contribution in [-0.4, -0.2) is 0 Å². The first kappa shape index (κ1) is 11.8. The van der Waals surface area contributed by atoms with E-state index in [0.717, 1.165) is 20.7 Å². The number of benzene rings is 3. The van der Waals surface area contributed by atoms with Gasteiger partial charge in [-0.05, 0) is 35.0 Å². The highest BCUT2D eigenvalue weighted by molar-refractivity contribution is 7.99. The molecular formula is C17H11NS. The smallest absolute Gasteiger partial charge is 0.100 e. The Labute approximate surface area is 116 Å². The molecular weight excluding hydrogens is 250 g/mol. The molecule has 0 heterocycles. The van der Waals surface area contributed by atoms with Crippen molar-refractivity contribution < 1.29 is 0 Å². The normalized spacial score (nSPS) is 10.3. The van der Waals surface area contributed by atoms with Gasteiger partial charge in [0.1, 0.15) is 6.07 Å². The average molecular weight is 261 g/mol. The molecule has 0 saturated heterocycles. The van der Waals surface area contributed by atoms with E-state index in [4.69, 9.17) is 0 Å². The Morgan fingerprint density at radius 3 is 2.11 bits per heavy atom. The van der Waals surface area contributed by atoms with Gasteiger partial charge in [0.15, 0.2) is 0 Å². The minimum Gasteiger partial charge on any atom is -0.192 e. The van der Waals surface area contributed by atoms with Crippen molar-refractivity contribution in [3.05, 3.63) is 72.3 Å². The number of rotatable bonds is 2. The van der Waals surface area contributed by atoms with Crippen LogP contribution in [0.5, 0.6) is 0 Å². The monoisotopic (exact) mass is 261 g/mol. The van der Waals surface area contributed by atoms with E-state index < -0.39 is 0 Å². The highest BCUT2D eigenvalue weighted by Crippen LogP contribution is 2.32. The molecule has 0 radical (unpaired) electrons. The highest BCUT2D eigenvalue weighted by atomic mass is 32.2. The summed E-state index contributed by atoms with van der Waals surface area (Å²) in [5.41, 5.74) is 0.729. The van der Waals surface area contributed by atoms with Crippen molar-refractivity contribution in [2.24, 2.45) is 0 Å². The maximum absolute atomic E-state index is 9.29. The van der Waals surface area contributed by atoms with E-state index >= 15 is 0 Å². The van der Waals surface area contributed by atoms with Crippen molar-refractivity contribution in [1.29, 1.82) is 5.26 Å². The van der Waals surface area contributed by atoms with Crippen molar-refractivity contribution >= 4 is 22.5 Å². The summed E-state index contributed by atoms with van der Waals surface area (Å²) < 4.78 is 0. The summed E-state index contributed by atoms with van der Waals surface area (Å²) in [6.07, 6.45) is 0. The summed E-state index contributed by atoms with van der Waals surface area (Å²) in [5.74, 6) is 0. The minimum absolute atomic E-state index is 0.729. The van der Waals surface area contributed by atoms with Crippen LogP contribution in [-0.2, 0) is 0 Å². The summed E-state index contributed by atoms with van der Waals surface area (Å²) in [6.45, 7) is 0. The molecule has 19 heavy (non-hydrogen) atoms. The second kappa shape index (κ2) is 5.17. The Balaban J connectivity index is 2.10. The average Bonchev–Trinajstić information content (AvgIpc) is 2.47. The summed E-state index contributed by atoms with van der Waals surface area (Å²) in [4.78, 5) is 2.15. The summed E-state index contributed by atoms with van der Waals surface area (Å²) >= 11 is 1.63. The molecule has 0 aliphatic rings. The van der Waals surface area contributed by atoms with E-state index in [1.54, 1.807) is 11.8 Å². The zero-order chi connectivity index (χ0) is 13.1. The number of hydrogen-bond donors (Lipinski definition) is 0. The van der Waals surface area contributed by atoms with Gasteiger partial charge in [0, 0.05) is 9.79 Å². The van der Waals surface area contributed by atoms with E-state index in [1.165, 1.54) is 5.39 Å². The zero-order valence-corrected chi connectivity index (χ0v) is 11.0. The topological polar surface area (TPSA) is 23.8 Å². The lowest BCUT2D eigenvalue weighted by Gasteiger charge is -2.06. The molecule has 1 nitrogen and oxygen atoms in total. The Bertz CT molecular complexity index is 757. The summed E-state index contributed by atoms with van der Waals surface area (Å²) in [7, 11) is 0. The third kappa shape index (κ3) is 2.47. The van der Waals surface area contributed by atoms with Crippen LogP contribution in [0.2, 0.25) is 0 Å². The zero-order valence-electron chi connectivity index (χ0n) is 10.2. The fourth-order valence-corrected chi connectivity index (χ4v) is 2.95. The first-order valence-corrected chi connectivity index (χ1v) is 6.84. The molecule has 0 bridgehead atoms. The van der Waals surface area contributed by atoms with Crippen molar-refractivity contribution in [2.45, 2.75) is 9.79 Å². The van der Waals surface area contributed by atoms with Gasteiger partial charge >= 0.3 is 0 Å². The van der Waals surface area contributed by atoms with Crippen molar-refractivity contribution in [3.8, 4) is 6.07 Å². The molecule has 0 fully saturated rings. The van der Waals surface area contributed by atoms with Crippen LogP contribution in [0.1, 0.15) is 5.56 Å². The van der Waals surface area contributed by atoms with Gasteiger partial charge in [-0.2, -0.15) is 5.26 Å². The Kier molecular flexibility index (Phi) is 3.22. The molecule has 0 atom stereocenters. The van der Waals surface area contributed by atoms with Crippen LogP contribution in [0, 0.1) is 11.3 Å². The lowest BCUT2D eigenvalue weighted by molar-refractivity contribution is 1.37. The second-order valence-electron chi connectivity index (χ2n) is 4.22. The fraction of sp³-hybridized carbons (Fsp3) is 0. The predicted molar refractivity (Wildman–Crippen MR) is 79.2 cm³/mol. The van der Waals surface area contributed by atoms with Crippen molar-refractivity contribution in [2.75, 3.05) is 0 Å². The molecule has 2 heteroatoms. The number of nitrogens with zero attached hydrogens (tertiary/aromatic N) is 1. The van der Waals surface area contributed by atoms with Gasteiger partial charge in [-0.15, -0.1) is 0 Å². The van der Waals surface area contributed by atoms with Crippen LogP contribution in [0.15, 0.2) is 76.5 Å². The SMILES string of the molecule is N#Cc1cc2ccccc2cc1Sc1ccccc1. The molecule has 0 unspecified atom stereocenters. The second-order valence-corrected chi connectivity index (χ2v) is 5.34. The van der Waals surface area contributed by atoms with Gasteiger partial charge in [0.25, 0.3) is 0 Å². The molecule has 0 amide bonds. The fourth-order valence-electron chi connectivity index (χ4n) is 2.01. The van der Waals surface area contributed by atoms with E-state index in [-0.39, 0.29) is 0 Å². The molecule has 3 aromatic carbocycles. The van der Waals surface area contributed by atoms with Crippen LogP contribution in [0.3, 0.4) is 0 Å². The number of hydrogen-bond acceptors (Lipinski definition) is 2. The predicted octanol–water partition coefficient (Wildman–Crippen LogP) is 4.86. The lowest BCUT2D eigenvalue weighted by Crippen LogP contribution is -1.83. The Hall–Kier alpha value is -2.24. The van der Waals surface area contributed by atoms with Crippen molar-refractivity contribution in [1.82, 2.24) is 0 Å². The molecule has 0 aliphatic carbocycles. The summed E-state index contributed by atoms with van der Waals surface area (Å²) in [5, 5.41) is 11.6. The van der Waals surface area contributed by atoms with Gasteiger partial charge in [-0.1, -0.05) is 54.2 Å². The third-order valence-corrected chi connectivity index (χ3v) is 4.00. The largest absolute Gasteiger partial charge is 0.192 e. The maximum Gasteiger partial charge on any atom is 0.100 e. The summed E-state index contributed by atoms with van der Waals surface area (Å²) in [6, 6.07) is 24.6. The number of nitriles is 1. The van der Waals surface area contributed by atoms with E-state index in [9.17, 15) is 5.26 Å². The van der Waals surface area contributed by atoms with Crippen LogP contribution >= 0.6 is 11.8 Å². The van der Waals surface area contributed by atoms with Crippen LogP contribution in [0.25, 0.3) is 10.8 Å². The molecule has 0 spiro atoms. The first-order valence-electron chi connectivity index (χ1n) is 6.02. The quantitative estimate of drug-likeness (QED) is 0.657. The molecule has 3 rings (SSSR count). The van der Waals surface area contributed by atoms with E-state index in [1.807, 2.05) is 42.5 Å². The van der Waals surface area contributed by atoms with Crippen molar-refractivity contribution in [3.63, 3.8) is 0 Å².